The predicted molar refractivity (Wildman–Crippen MR) is 80.3 cm³/mol. The molecule has 0 saturated heterocycles. The fraction of sp³-hybridized carbons (Fsp3) is 0.500. The van der Waals surface area contributed by atoms with Crippen LogP contribution in [-0.2, 0) is 4.79 Å². The van der Waals surface area contributed by atoms with Crippen LogP contribution in [0.15, 0.2) is 12.1 Å². The van der Waals surface area contributed by atoms with E-state index >= 15 is 0 Å². The largest absolute Gasteiger partial charge is 0.490 e. The minimum atomic E-state index is -0.534. The molecule has 0 saturated carbocycles. The first kappa shape index (κ1) is 15.4. The molecule has 1 aromatic carbocycles. The van der Waals surface area contributed by atoms with Crippen molar-refractivity contribution in [2.45, 2.75) is 33.3 Å². The van der Waals surface area contributed by atoms with Gasteiger partial charge in [0, 0.05) is 12.6 Å². The van der Waals surface area contributed by atoms with Gasteiger partial charge in [0.2, 0.25) is 0 Å². The molecule has 21 heavy (non-hydrogen) atoms. The van der Waals surface area contributed by atoms with Crippen molar-refractivity contribution in [1.29, 1.82) is 0 Å². The fourth-order valence-corrected chi connectivity index (χ4v) is 2.27. The molecule has 1 aromatic rings. The lowest BCUT2D eigenvalue weighted by Gasteiger charge is -2.34. The fourth-order valence-electron chi connectivity index (χ4n) is 2.27. The molecule has 0 N–H and O–H groups in total. The van der Waals surface area contributed by atoms with Crippen molar-refractivity contribution < 1.29 is 19.1 Å². The molecule has 1 aliphatic heterocycles. The maximum absolute atomic E-state index is 12.3. The minimum Gasteiger partial charge on any atom is -0.490 e. The third-order valence-corrected chi connectivity index (χ3v) is 3.44. The van der Waals surface area contributed by atoms with Gasteiger partial charge >= 0.3 is 0 Å². The van der Waals surface area contributed by atoms with Crippen LogP contribution in [0.4, 0.5) is 5.69 Å². The van der Waals surface area contributed by atoms with E-state index in [1.807, 2.05) is 20.8 Å². The Morgan fingerprint density at radius 1 is 1.43 bits per heavy atom. The van der Waals surface area contributed by atoms with Gasteiger partial charge in [0.15, 0.2) is 17.6 Å². The maximum Gasteiger partial charge on any atom is 0.268 e. The number of benzene rings is 1. The Morgan fingerprint density at radius 3 is 2.71 bits per heavy atom. The number of nitrogens with zero attached hydrogens (tertiary/aromatic N) is 1. The summed E-state index contributed by atoms with van der Waals surface area (Å²) in [6.07, 6.45) is 1.06. The van der Waals surface area contributed by atoms with Gasteiger partial charge in [-0.25, -0.2) is 0 Å². The standard InChI is InChI=1S/C16H21NO4/c1-5-6-20-13-8-11(9-18)7-12-15(13)21-14(10(2)3)16(19)17(12)4/h7-10,14H,5-6H2,1-4H3. The van der Waals surface area contributed by atoms with Crippen LogP contribution in [0.2, 0.25) is 0 Å². The Morgan fingerprint density at radius 2 is 2.14 bits per heavy atom. The van der Waals surface area contributed by atoms with E-state index in [0.29, 0.717) is 29.4 Å². The van der Waals surface area contributed by atoms with Crippen LogP contribution >= 0.6 is 0 Å². The molecular formula is C16H21NO4. The summed E-state index contributed by atoms with van der Waals surface area (Å²) in [5.74, 6) is 0.996. The van der Waals surface area contributed by atoms with Gasteiger partial charge in [-0.3, -0.25) is 9.59 Å². The maximum atomic E-state index is 12.3. The zero-order valence-corrected chi connectivity index (χ0v) is 12.9. The summed E-state index contributed by atoms with van der Waals surface area (Å²) < 4.78 is 11.6. The lowest BCUT2D eigenvalue weighted by Crippen LogP contribution is -2.46. The van der Waals surface area contributed by atoms with Crippen LogP contribution in [0, 0.1) is 5.92 Å². The predicted octanol–water partition coefficient (Wildman–Crippen LogP) is 2.67. The molecule has 0 aliphatic carbocycles. The number of anilines is 1. The van der Waals surface area contributed by atoms with E-state index in [4.69, 9.17) is 9.47 Å². The highest BCUT2D eigenvalue weighted by atomic mass is 16.5. The van der Waals surface area contributed by atoms with Crippen LogP contribution in [0.3, 0.4) is 0 Å². The first-order chi connectivity index (χ1) is 9.99. The summed E-state index contributed by atoms with van der Waals surface area (Å²) in [6.45, 7) is 6.41. The number of rotatable bonds is 5. The summed E-state index contributed by atoms with van der Waals surface area (Å²) in [7, 11) is 1.69. The zero-order chi connectivity index (χ0) is 15.6. The SMILES string of the molecule is CCCOc1cc(C=O)cc2c1OC(C(C)C)C(=O)N2C. The zero-order valence-electron chi connectivity index (χ0n) is 12.9. The van der Waals surface area contributed by atoms with E-state index in [9.17, 15) is 9.59 Å². The van der Waals surface area contributed by atoms with Gasteiger partial charge in [-0.05, 0) is 24.5 Å². The summed E-state index contributed by atoms with van der Waals surface area (Å²) in [5.41, 5.74) is 1.04. The average Bonchev–Trinajstić information content (AvgIpc) is 2.47. The van der Waals surface area contributed by atoms with Gasteiger partial charge in [-0.2, -0.15) is 0 Å². The van der Waals surface area contributed by atoms with Crippen molar-refractivity contribution in [3.05, 3.63) is 17.7 Å². The number of fused-ring (bicyclic) bond motifs is 1. The molecule has 0 aromatic heterocycles. The molecule has 0 fully saturated rings. The molecule has 1 unspecified atom stereocenters. The number of hydrogen-bond acceptors (Lipinski definition) is 4. The third kappa shape index (κ3) is 2.86. The molecule has 2 rings (SSSR count). The van der Waals surface area contributed by atoms with E-state index in [1.54, 1.807) is 19.2 Å². The van der Waals surface area contributed by atoms with Crippen LogP contribution in [-0.4, -0.2) is 32.0 Å². The average molecular weight is 291 g/mol. The van der Waals surface area contributed by atoms with Crippen molar-refractivity contribution >= 4 is 17.9 Å². The van der Waals surface area contributed by atoms with E-state index in [2.05, 4.69) is 0 Å². The number of hydrogen-bond donors (Lipinski definition) is 0. The van der Waals surface area contributed by atoms with E-state index in [1.165, 1.54) is 4.90 Å². The molecular weight excluding hydrogens is 270 g/mol. The summed E-state index contributed by atoms with van der Waals surface area (Å²) in [6, 6.07) is 3.30. The van der Waals surface area contributed by atoms with Gasteiger partial charge < -0.3 is 14.4 Å². The van der Waals surface area contributed by atoms with Crippen molar-refractivity contribution in [2.75, 3.05) is 18.6 Å². The molecule has 1 aliphatic rings. The lowest BCUT2D eigenvalue weighted by molar-refractivity contribution is -0.127. The Labute approximate surface area is 124 Å². The monoisotopic (exact) mass is 291 g/mol. The molecule has 0 bridgehead atoms. The van der Waals surface area contributed by atoms with Gasteiger partial charge in [0.05, 0.1) is 12.3 Å². The topological polar surface area (TPSA) is 55.8 Å². The second kappa shape index (κ2) is 6.16. The van der Waals surface area contributed by atoms with Crippen molar-refractivity contribution in [2.24, 2.45) is 5.92 Å². The van der Waals surface area contributed by atoms with E-state index < -0.39 is 6.10 Å². The van der Waals surface area contributed by atoms with Crippen LogP contribution in [0.1, 0.15) is 37.6 Å². The molecule has 5 heteroatoms. The Kier molecular flexibility index (Phi) is 4.50. The number of likely N-dealkylation sites (N-methyl/N-ethyl adjacent to an activating group) is 1. The second-order valence-corrected chi connectivity index (χ2v) is 5.51. The summed E-state index contributed by atoms with van der Waals surface area (Å²) in [4.78, 5) is 24.9. The lowest BCUT2D eigenvalue weighted by atomic mass is 10.0. The molecule has 114 valence electrons. The molecule has 0 radical (unpaired) electrons. The van der Waals surface area contributed by atoms with Crippen LogP contribution in [0.5, 0.6) is 11.5 Å². The highest BCUT2D eigenvalue weighted by Gasteiger charge is 2.36. The Balaban J connectivity index is 2.50. The first-order valence-electron chi connectivity index (χ1n) is 7.19. The molecule has 1 heterocycles. The first-order valence-corrected chi connectivity index (χ1v) is 7.19. The van der Waals surface area contributed by atoms with E-state index in [-0.39, 0.29) is 11.8 Å². The highest BCUT2D eigenvalue weighted by Crippen LogP contribution is 2.43. The summed E-state index contributed by atoms with van der Waals surface area (Å²) >= 11 is 0. The number of ether oxygens (including phenoxy) is 2. The highest BCUT2D eigenvalue weighted by molar-refractivity contribution is 6.01. The van der Waals surface area contributed by atoms with Crippen LogP contribution < -0.4 is 14.4 Å². The van der Waals surface area contributed by atoms with Crippen molar-refractivity contribution in [3.8, 4) is 11.5 Å². The third-order valence-electron chi connectivity index (χ3n) is 3.44. The summed E-state index contributed by atoms with van der Waals surface area (Å²) in [5, 5.41) is 0. The number of aldehydes is 1. The van der Waals surface area contributed by atoms with Gasteiger partial charge in [0.1, 0.15) is 6.29 Å². The second-order valence-electron chi connectivity index (χ2n) is 5.51. The molecule has 5 nitrogen and oxygen atoms in total. The minimum absolute atomic E-state index is 0.0536. The molecule has 1 amide bonds. The van der Waals surface area contributed by atoms with Gasteiger partial charge in [-0.15, -0.1) is 0 Å². The molecule has 1 atom stereocenters. The Bertz CT molecular complexity index is 553. The van der Waals surface area contributed by atoms with Gasteiger partial charge in [-0.1, -0.05) is 20.8 Å². The quantitative estimate of drug-likeness (QED) is 0.783. The van der Waals surface area contributed by atoms with Crippen molar-refractivity contribution in [1.82, 2.24) is 0 Å². The smallest absolute Gasteiger partial charge is 0.268 e. The normalized spacial score (nSPS) is 17.5. The van der Waals surface area contributed by atoms with Gasteiger partial charge in [0.25, 0.3) is 5.91 Å². The number of carbonyl (C=O) groups excluding carboxylic acids is 2. The number of carbonyl (C=O) groups is 2. The van der Waals surface area contributed by atoms with Crippen molar-refractivity contribution in [3.63, 3.8) is 0 Å². The van der Waals surface area contributed by atoms with E-state index in [0.717, 1.165) is 12.7 Å². The Hall–Kier alpha value is -2.04. The number of amides is 1. The molecule has 0 spiro atoms. The van der Waals surface area contributed by atoms with Crippen LogP contribution in [0.25, 0.3) is 0 Å².